The number of benzene rings is 1. The second-order valence-electron chi connectivity index (χ2n) is 5.83. The van der Waals surface area contributed by atoms with Crippen molar-refractivity contribution in [2.45, 2.75) is 46.1 Å². The molecule has 0 saturated heterocycles. The zero-order valence-electron chi connectivity index (χ0n) is 12.9. The van der Waals surface area contributed by atoms with Crippen molar-refractivity contribution in [3.63, 3.8) is 0 Å². The van der Waals surface area contributed by atoms with Gasteiger partial charge in [-0.25, -0.2) is 9.59 Å². The Bertz CT molecular complexity index is 750. The molecule has 0 radical (unpaired) electrons. The molecule has 0 unspecified atom stereocenters. The number of fused-ring (bicyclic) bond motifs is 1. The highest BCUT2D eigenvalue weighted by Crippen LogP contribution is 2.19. The Hall–Kier alpha value is -2.30. The van der Waals surface area contributed by atoms with Crippen molar-refractivity contribution in [1.82, 2.24) is 10.1 Å². The Morgan fingerprint density at radius 2 is 1.91 bits per heavy atom. The van der Waals surface area contributed by atoms with E-state index >= 15 is 0 Å². The van der Waals surface area contributed by atoms with Gasteiger partial charge in [0.05, 0.1) is 11.3 Å². The molecule has 1 heterocycles. The lowest BCUT2D eigenvalue weighted by atomic mass is 9.98. The molecule has 5 heteroatoms. The molecule has 0 spiro atoms. The first kappa shape index (κ1) is 14.6. The van der Waals surface area contributed by atoms with Crippen LogP contribution in [0.3, 0.4) is 0 Å². The summed E-state index contributed by atoms with van der Waals surface area (Å²) in [5.41, 5.74) is 4.38. The van der Waals surface area contributed by atoms with Crippen LogP contribution in [-0.4, -0.2) is 10.8 Å². The number of hydrogen-bond donors (Lipinski definition) is 1. The first-order valence-electron chi connectivity index (χ1n) is 7.65. The lowest BCUT2D eigenvalue weighted by molar-refractivity contribution is 0.204. The largest absolute Gasteiger partial charge is 0.361 e. The fourth-order valence-electron chi connectivity index (χ4n) is 3.05. The zero-order chi connectivity index (χ0) is 15.7. The summed E-state index contributed by atoms with van der Waals surface area (Å²) >= 11 is 0. The van der Waals surface area contributed by atoms with Gasteiger partial charge in [-0.15, -0.1) is 4.74 Å². The Morgan fingerprint density at radius 1 is 1.23 bits per heavy atom. The van der Waals surface area contributed by atoms with Crippen LogP contribution in [0.5, 0.6) is 0 Å². The third-order valence-electron chi connectivity index (χ3n) is 4.35. The highest BCUT2D eigenvalue weighted by Gasteiger charge is 2.23. The number of nitrogens with one attached hydrogen (secondary N) is 1. The molecule has 22 heavy (non-hydrogen) atoms. The van der Waals surface area contributed by atoms with Crippen molar-refractivity contribution in [2.24, 2.45) is 0 Å². The third kappa shape index (κ3) is 2.58. The van der Waals surface area contributed by atoms with Crippen molar-refractivity contribution in [1.29, 1.82) is 0 Å². The average molecular weight is 300 g/mol. The highest BCUT2D eigenvalue weighted by atomic mass is 16.5. The lowest BCUT2D eigenvalue weighted by Gasteiger charge is -2.13. The molecule has 1 N–H and O–H groups in total. The minimum absolute atomic E-state index is 0.372. The number of amides is 1. The van der Waals surface area contributed by atoms with E-state index in [1.165, 1.54) is 0 Å². The van der Waals surface area contributed by atoms with Gasteiger partial charge >= 0.3 is 11.7 Å². The van der Waals surface area contributed by atoms with Gasteiger partial charge in [0.25, 0.3) is 0 Å². The maximum absolute atomic E-state index is 12.3. The number of hydrogen-bond acceptors (Lipinski definition) is 3. The quantitative estimate of drug-likeness (QED) is 0.927. The van der Waals surface area contributed by atoms with E-state index in [0.717, 1.165) is 46.4 Å². The minimum Gasteiger partial charge on any atom is -0.331 e. The van der Waals surface area contributed by atoms with Gasteiger partial charge in [-0.1, -0.05) is 18.2 Å². The monoisotopic (exact) mass is 300 g/mol. The van der Waals surface area contributed by atoms with E-state index in [2.05, 4.69) is 5.32 Å². The summed E-state index contributed by atoms with van der Waals surface area (Å²) in [6, 6.07) is 5.67. The van der Waals surface area contributed by atoms with Crippen LogP contribution in [0.15, 0.2) is 27.5 Å². The molecular weight excluding hydrogens is 280 g/mol. The van der Waals surface area contributed by atoms with Crippen molar-refractivity contribution in [3.8, 4) is 0 Å². The van der Waals surface area contributed by atoms with Gasteiger partial charge in [-0.2, -0.15) is 0 Å². The summed E-state index contributed by atoms with van der Waals surface area (Å²) < 4.78 is 6.27. The number of carbonyl (C=O) groups is 1. The van der Waals surface area contributed by atoms with Gasteiger partial charge in [-0.3, -0.25) is 0 Å². The SMILES string of the molecule is Cc1cccc(C)c1CNC(=O)n1oc(=O)c2c1CCCC2. The zero-order valence-corrected chi connectivity index (χ0v) is 12.9. The van der Waals surface area contributed by atoms with E-state index in [-0.39, 0.29) is 11.7 Å². The van der Waals surface area contributed by atoms with Crippen molar-refractivity contribution >= 4 is 6.03 Å². The number of aryl methyl sites for hydroxylation is 2. The molecule has 1 aliphatic carbocycles. The topological polar surface area (TPSA) is 64.2 Å². The van der Waals surface area contributed by atoms with Gasteiger partial charge in [0.2, 0.25) is 0 Å². The van der Waals surface area contributed by atoms with Crippen LogP contribution in [0.4, 0.5) is 4.79 Å². The summed E-state index contributed by atoms with van der Waals surface area (Å²) in [5.74, 6) is 0. The van der Waals surface area contributed by atoms with E-state index in [0.29, 0.717) is 18.5 Å². The molecule has 116 valence electrons. The normalized spacial score (nSPS) is 13.7. The standard InChI is InChI=1S/C17H20N2O3/c1-11-6-5-7-12(2)14(11)10-18-17(21)19-15-9-4-3-8-13(15)16(20)22-19/h5-7H,3-4,8-10H2,1-2H3,(H,18,21). The first-order chi connectivity index (χ1) is 10.6. The molecule has 2 aromatic rings. The number of rotatable bonds is 2. The predicted octanol–water partition coefficient (Wildman–Crippen LogP) is 2.69. The van der Waals surface area contributed by atoms with Crippen molar-refractivity contribution in [2.75, 3.05) is 0 Å². The van der Waals surface area contributed by atoms with Crippen LogP contribution >= 0.6 is 0 Å². The van der Waals surface area contributed by atoms with Crippen LogP contribution in [-0.2, 0) is 19.4 Å². The van der Waals surface area contributed by atoms with Crippen LogP contribution in [0, 0.1) is 13.8 Å². The summed E-state index contributed by atoms with van der Waals surface area (Å²) in [6.45, 7) is 4.46. The van der Waals surface area contributed by atoms with Crippen LogP contribution in [0.1, 0.15) is 40.8 Å². The maximum Gasteiger partial charge on any atom is 0.361 e. The van der Waals surface area contributed by atoms with Crippen molar-refractivity contribution < 1.29 is 9.32 Å². The summed E-state index contributed by atoms with van der Waals surface area (Å²) in [6.07, 6.45) is 3.38. The minimum atomic E-state index is -0.378. The molecule has 5 nitrogen and oxygen atoms in total. The van der Waals surface area contributed by atoms with E-state index in [4.69, 9.17) is 4.52 Å². The molecule has 0 fully saturated rings. The van der Waals surface area contributed by atoms with Gasteiger partial charge in [0.15, 0.2) is 0 Å². The summed E-state index contributed by atoms with van der Waals surface area (Å²) in [4.78, 5) is 24.1. The first-order valence-corrected chi connectivity index (χ1v) is 7.65. The van der Waals surface area contributed by atoms with E-state index in [1.54, 1.807) is 0 Å². The third-order valence-corrected chi connectivity index (χ3v) is 4.35. The number of nitrogens with zero attached hydrogens (tertiary/aromatic N) is 1. The van der Waals surface area contributed by atoms with Crippen LogP contribution in [0.2, 0.25) is 0 Å². The Balaban J connectivity index is 1.80. The molecule has 0 saturated carbocycles. The summed E-state index contributed by atoms with van der Waals surface area (Å²) in [7, 11) is 0. The molecular formula is C17H20N2O3. The molecule has 1 aliphatic rings. The smallest absolute Gasteiger partial charge is 0.331 e. The molecule has 1 aromatic carbocycles. The lowest BCUT2D eigenvalue weighted by Crippen LogP contribution is -2.30. The van der Waals surface area contributed by atoms with Gasteiger partial charge in [-0.05, 0) is 56.2 Å². The van der Waals surface area contributed by atoms with Gasteiger partial charge in [0, 0.05) is 6.54 Å². The Kier molecular flexibility index (Phi) is 3.88. The molecule has 1 aromatic heterocycles. The Morgan fingerprint density at radius 3 is 2.64 bits per heavy atom. The fourth-order valence-corrected chi connectivity index (χ4v) is 3.05. The van der Waals surface area contributed by atoms with E-state index in [9.17, 15) is 9.59 Å². The number of carbonyl (C=O) groups excluding carboxylic acids is 1. The van der Waals surface area contributed by atoms with Crippen LogP contribution < -0.4 is 10.9 Å². The van der Waals surface area contributed by atoms with Crippen molar-refractivity contribution in [3.05, 3.63) is 56.6 Å². The molecule has 0 aliphatic heterocycles. The molecule has 3 rings (SSSR count). The predicted molar refractivity (Wildman–Crippen MR) is 83.2 cm³/mol. The molecule has 0 bridgehead atoms. The second kappa shape index (κ2) is 5.83. The maximum atomic E-state index is 12.3. The highest BCUT2D eigenvalue weighted by molar-refractivity contribution is 5.76. The van der Waals surface area contributed by atoms with E-state index < -0.39 is 0 Å². The fraction of sp³-hybridized carbons (Fsp3) is 0.412. The second-order valence-corrected chi connectivity index (χ2v) is 5.83. The van der Waals surface area contributed by atoms with Crippen LogP contribution in [0.25, 0.3) is 0 Å². The van der Waals surface area contributed by atoms with Gasteiger partial charge < -0.3 is 9.84 Å². The average Bonchev–Trinajstić information content (AvgIpc) is 2.84. The summed E-state index contributed by atoms with van der Waals surface area (Å²) in [5, 5.41) is 2.85. The molecule has 1 amide bonds. The molecule has 0 atom stereocenters. The van der Waals surface area contributed by atoms with Gasteiger partial charge in [0.1, 0.15) is 0 Å². The van der Waals surface area contributed by atoms with E-state index in [1.807, 2.05) is 32.0 Å². The number of aromatic nitrogens is 1. The Labute approximate surface area is 128 Å².